The van der Waals surface area contributed by atoms with Crippen LogP contribution in [0.4, 0.5) is 0 Å². The van der Waals surface area contributed by atoms with Crippen LogP contribution in [0.3, 0.4) is 0 Å². The summed E-state index contributed by atoms with van der Waals surface area (Å²) in [5, 5.41) is 3.11. The molecule has 1 amide bonds. The van der Waals surface area contributed by atoms with Gasteiger partial charge in [0, 0.05) is 12.1 Å². The highest BCUT2D eigenvalue weighted by Gasteiger charge is 2.23. The van der Waals surface area contributed by atoms with Crippen molar-refractivity contribution in [2.75, 3.05) is 33.9 Å². The van der Waals surface area contributed by atoms with Crippen LogP contribution in [0, 0.1) is 0 Å². The fourth-order valence-corrected chi connectivity index (χ4v) is 3.57. The van der Waals surface area contributed by atoms with Crippen LogP contribution in [0.15, 0.2) is 48.5 Å². The second kappa shape index (κ2) is 9.42. The Balaban J connectivity index is 1.72. The number of methoxy groups -OCH3 is 2. The van der Waals surface area contributed by atoms with Crippen molar-refractivity contribution in [3.05, 3.63) is 59.7 Å². The first-order chi connectivity index (χ1) is 13.2. The monoisotopic (exact) mass is 368 g/mol. The predicted molar refractivity (Wildman–Crippen MR) is 106 cm³/mol. The molecule has 27 heavy (non-hydrogen) atoms. The van der Waals surface area contributed by atoms with E-state index in [9.17, 15) is 4.79 Å². The van der Waals surface area contributed by atoms with Crippen LogP contribution in [0.5, 0.6) is 11.5 Å². The van der Waals surface area contributed by atoms with Crippen molar-refractivity contribution in [3.63, 3.8) is 0 Å². The number of ether oxygens (including phenoxy) is 2. The Morgan fingerprint density at radius 1 is 1.00 bits per heavy atom. The summed E-state index contributed by atoms with van der Waals surface area (Å²) in [4.78, 5) is 15.1. The lowest BCUT2D eigenvalue weighted by Crippen LogP contribution is -2.40. The average Bonchev–Trinajstić information content (AvgIpc) is 2.75. The average molecular weight is 368 g/mol. The van der Waals surface area contributed by atoms with Crippen LogP contribution in [0.25, 0.3) is 0 Å². The molecule has 0 saturated carbocycles. The molecule has 1 aliphatic rings. The van der Waals surface area contributed by atoms with Gasteiger partial charge < -0.3 is 14.8 Å². The number of carbonyl (C=O) groups excluding carboxylic acids is 1. The van der Waals surface area contributed by atoms with Gasteiger partial charge in [-0.15, -0.1) is 0 Å². The third-order valence-electron chi connectivity index (χ3n) is 5.12. The van der Waals surface area contributed by atoms with Gasteiger partial charge in [-0.3, -0.25) is 9.69 Å². The molecule has 5 heteroatoms. The predicted octanol–water partition coefficient (Wildman–Crippen LogP) is 3.66. The Morgan fingerprint density at radius 2 is 1.70 bits per heavy atom. The summed E-state index contributed by atoms with van der Waals surface area (Å²) in [7, 11) is 3.28. The van der Waals surface area contributed by atoms with Crippen LogP contribution >= 0.6 is 0 Å². The minimum Gasteiger partial charge on any atom is -0.497 e. The highest BCUT2D eigenvalue weighted by Crippen LogP contribution is 2.26. The first kappa shape index (κ1) is 19.2. The van der Waals surface area contributed by atoms with Crippen LogP contribution < -0.4 is 14.8 Å². The third-order valence-corrected chi connectivity index (χ3v) is 5.12. The van der Waals surface area contributed by atoms with Crippen LogP contribution in [-0.2, 0) is 0 Å². The van der Waals surface area contributed by atoms with Crippen molar-refractivity contribution in [2.24, 2.45) is 0 Å². The van der Waals surface area contributed by atoms with E-state index in [1.165, 1.54) is 24.8 Å². The molecule has 1 atom stereocenters. The molecule has 1 fully saturated rings. The van der Waals surface area contributed by atoms with Gasteiger partial charge in [0.05, 0.1) is 20.3 Å². The maximum absolute atomic E-state index is 12.6. The number of nitrogens with zero attached hydrogens (tertiary/aromatic N) is 1. The summed E-state index contributed by atoms with van der Waals surface area (Å²) >= 11 is 0. The van der Waals surface area contributed by atoms with E-state index in [-0.39, 0.29) is 11.9 Å². The lowest BCUT2D eigenvalue weighted by Gasteiger charge is -2.35. The fraction of sp³-hybridized carbons (Fsp3) is 0.409. The zero-order valence-electron chi connectivity index (χ0n) is 16.1. The Hall–Kier alpha value is -2.53. The van der Waals surface area contributed by atoms with E-state index in [1.54, 1.807) is 26.4 Å². The first-order valence-corrected chi connectivity index (χ1v) is 9.51. The number of likely N-dealkylation sites (tertiary alicyclic amines) is 1. The normalized spacial score (nSPS) is 15.8. The molecule has 0 aliphatic carbocycles. The molecule has 1 saturated heterocycles. The second-order valence-electron chi connectivity index (χ2n) is 6.83. The van der Waals surface area contributed by atoms with E-state index in [1.807, 2.05) is 24.3 Å². The molecule has 3 rings (SSSR count). The Kier molecular flexibility index (Phi) is 6.71. The third kappa shape index (κ3) is 5.01. The topological polar surface area (TPSA) is 50.8 Å². The molecule has 1 aliphatic heterocycles. The summed E-state index contributed by atoms with van der Waals surface area (Å²) < 4.78 is 10.5. The maximum atomic E-state index is 12.6. The molecule has 2 aromatic rings. The number of hydrogen-bond donors (Lipinski definition) is 1. The van der Waals surface area contributed by atoms with Gasteiger partial charge in [0.25, 0.3) is 5.91 Å². The highest BCUT2D eigenvalue weighted by atomic mass is 16.5. The molecule has 1 heterocycles. The van der Waals surface area contributed by atoms with E-state index in [0.29, 0.717) is 17.9 Å². The molecule has 1 N–H and O–H groups in total. The van der Waals surface area contributed by atoms with Crippen molar-refractivity contribution < 1.29 is 14.3 Å². The molecule has 0 bridgehead atoms. The van der Waals surface area contributed by atoms with Gasteiger partial charge in [-0.2, -0.15) is 0 Å². The molecule has 0 spiro atoms. The number of nitrogens with one attached hydrogen (secondary N) is 1. The summed E-state index contributed by atoms with van der Waals surface area (Å²) in [5.74, 6) is 1.45. The lowest BCUT2D eigenvalue weighted by atomic mass is 10.0. The highest BCUT2D eigenvalue weighted by molar-refractivity contribution is 5.94. The largest absolute Gasteiger partial charge is 0.497 e. The van der Waals surface area contributed by atoms with Gasteiger partial charge in [0.15, 0.2) is 0 Å². The minimum absolute atomic E-state index is 0.0792. The van der Waals surface area contributed by atoms with Crippen molar-refractivity contribution >= 4 is 5.91 Å². The summed E-state index contributed by atoms with van der Waals surface area (Å²) in [5.41, 5.74) is 1.81. The van der Waals surface area contributed by atoms with Crippen LogP contribution in [-0.4, -0.2) is 44.7 Å². The van der Waals surface area contributed by atoms with E-state index < -0.39 is 0 Å². The standard InChI is InChI=1S/C22H28N2O3/c1-26-19-11-9-17(10-12-19)21(24-13-4-3-5-14-24)16-23-22(25)18-7-6-8-20(15-18)27-2/h6-12,15,21H,3-5,13-14,16H2,1-2H3,(H,23,25)/t21-/m0/s1. The van der Waals surface area contributed by atoms with Crippen LogP contribution in [0.1, 0.15) is 41.2 Å². The van der Waals surface area contributed by atoms with Gasteiger partial charge in [-0.1, -0.05) is 24.6 Å². The SMILES string of the molecule is COc1ccc([C@H](CNC(=O)c2cccc(OC)c2)N2CCCCC2)cc1. The van der Waals surface area contributed by atoms with Gasteiger partial charge in [0.1, 0.15) is 11.5 Å². The maximum Gasteiger partial charge on any atom is 0.251 e. The number of benzene rings is 2. The first-order valence-electron chi connectivity index (χ1n) is 9.51. The summed E-state index contributed by atoms with van der Waals surface area (Å²) in [6, 6.07) is 15.5. The van der Waals surface area contributed by atoms with Gasteiger partial charge in [0.2, 0.25) is 0 Å². The van der Waals surface area contributed by atoms with Gasteiger partial charge >= 0.3 is 0 Å². The van der Waals surface area contributed by atoms with Crippen LogP contribution in [0.2, 0.25) is 0 Å². The molecular formula is C22H28N2O3. The molecule has 0 radical (unpaired) electrons. The minimum atomic E-state index is -0.0792. The fourth-order valence-electron chi connectivity index (χ4n) is 3.57. The van der Waals surface area contributed by atoms with Crippen molar-refractivity contribution in [1.29, 1.82) is 0 Å². The van der Waals surface area contributed by atoms with E-state index >= 15 is 0 Å². The molecular weight excluding hydrogens is 340 g/mol. The van der Waals surface area contributed by atoms with E-state index in [2.05, 4.69) is 22.3 Å². The molecule has 5 nitrogen and oxygen atoms in total. The number of carbonyl (C=O) groups is 1. The smallest absolute Gasteiger partial charge is 0.251 e. The Morgan fingerprint density at radius 3 is 2.37 bits per heavy atom. The number of amides is 1. The Bertz CT molecular complexity index is 739. The van der Waals surface area contributed by atoms with Crippen molar-refractivity contribution in [1.82, 2.24) is 10.2 Å². The Labute approximate surface area is 161 Å². The van der Waals surface area contributed by atoms with Crippen molar-refractivity contribution in [2.45, 2.75) is 25.3 Å². The molecule has 0 unspecified atom stereocenters. The zero-order chi connectivity index (χ0) is 19.1. The molecule has 144 valence electrons. The number of rotatable bonds is 7. The number of piperidine rings is 1. The molecule has 0 aromatic heterocycles. The van der Waals surface area contributed by atoms with E-state index in [4.69, 9.17) is 9.47 Å². The van der Waals surface area contributed by atoms with Crippen molar-refractivity contribution in [3.8, 4) is 11.5 Å². The van der Waals surface area contributed by atoms with Gasteiger partial charge in [-0.05, 0) is 61.8 Å². The quantitative estimate of drug-likeness (QED) is 0.810. The second-order valence-corrected chi connectivity index (χ2v) is 6.83. The summed E-state index contributed by atoms with van der Waals surface area (Å²) in [6.07, 6.45) is 3.69. The molecule has 2 aromatic carbocycles. The summed E-state index contributed by atoms with van der Waals surface area (Å²) in [6.45, 7) is 2.69. The van der Waals surface area contributed by atoms with Gasteiger partial charge in [-0.25, -0.2) is 0 Å². The zero-order valence-corrected chi connectivity index (χ0v) is 16.1. The lowest BCUT2D eigenvalue weighted by molar-refractivity contribution is 0.0924. The number of hydrogen-bond acceptors (Lipinski definition) is 4. The van der Waals surface area contributed by atoms with E-state index in [0.717, 1.165) is 18.8 Å².